The first kappa shape index (κ1) is 81.5. The van der Waals surface area contributed by atoms with Crippen molar-refractivity contribution in [1.29, 1.82) is 0 Å². The molecule has 22 aromatic carbocycles. The number of aromatic nitrogens is 4. The maximum absolute atomic E-state index is 6.19. The van der Waals surface area contributed by atoms with E-state index in [9.17, 15) is 0 Å². The second-order valence-corrected chi connectivity index (χ2v) is 32.6. The second-order valence-electron chi connectivity index (χ2n) is 32.6. The highest BCUT2D eigenvalue weighted by molar-refractivity contribution is 6.15. The van der Waals surface area contributed by atoms with Crippen molar-refractivity contribution in [3.63, 3.8) is 0 Å². The average molecular weight is 1510 g/mol. The van der Waals surface area contributed by atoms with Crippen LogP contribution in [0, 0.1) is 97.1 Å². The lowest BCUT2D eigenvalue weighted by molar-refractivity contribution is 0.423. The van der Waals surface area contributed by atoms with E-state index in [0.717, 1.165) is 266 Å². The summed E-state index contributed by atoms with van der Waals surface area (Å²) in [7, 11) is 3.39. The van der Waals surface area contributed by atoms with Crippen molar-refractivity contribution in [2.45, 2.75) is 208 Å². The zero-order valence-electron chi connectivity index (χ0n) is 69.9. The second kappa shape index (κ2) is 38.5. The molecule has 0 N–H and O–H groups in total. The molecule has 0 saturated heterocycles. The Labute approximate surface area is 689 Å². The van der Waals surface area contributed by atoms with Crippen LogP contribution >= 0.6 is 0 Å². The zero-order chi connectivity index (χ0) is 81.0. The Balaban J connectivity index is 0.988. The van der Waals surface area contributed by atoms with E-state index < -0.39 is 0 Å². The number of benzene rings is 8. The van der Waals surface area contributed by atoms with Crippen LogP contribution in [-0.4, -0.2) is 34.2 Å². The van der Waals surface area contributed by atoms with E-state index in [-0.39, 0.29) is 10.8 Å². The van der Waals surface area contributed by atoms with E-state index in [1.54, 1.807) is 14.2 Å². The van der Waals surface area contributed by atoms with Crippen LogP contribution in [0.4, 0.5) is 0 Å². The van der Waals surface area contributed by atoms with Crippen molar-refractivity contribution in [1.82, 2.24) is 19.9 Å². The van der Waals surface area contributed by atoms with Gasteiger partial charge in [-0.3, -0.25) is 19.9 Å². The third-order valence-corrected chi connectivity index (χ3v) is 21.8. The third-order valence-electron chi connectivity index (χ3n) is 21.8. The van der Waals surface area contributed by atoms with Crippen LogP contribution in [-0.2, 0) is 36.5 Å². The number of rotatable bonds is 22. The Kier molecular flexibility index (Phi) is 27.1. The fraction of sp³-hybridized carbons (Fsp3) is 0.309. The molecular weight excluding hydrogens is 1410 g/mol. The predicted octanol–water partition coefficient (Wildman–Crippen LogP) is 28.3. The lowest BCUT2D eigenvalue weighted by Crippen LogP contribution is -2.10. The van der Waals surface area contributed by atoms with Gasteiger partial charge in [0.25, 0.3) is 0 Å². The molecule has 116 heavy (non-hydrogen) atoms. The van der Waals surface area contributed by atoms with Gasteiger partial charge in [-0.25, -0.2) is 0 Å². The number of aryl methyl sites for hydroxylation is 4. The van der Waals surface area contributed by atoms with Gasteiger partial charge in [0.1, 0.15) is 11.5 Å². The molecule has 4 heterocycles. The molecule has 0 aliphatic rings. The molecule has 0 saturated carbocycles. The molecule has 0 spiro atoms. The Morgan fingerprint density at radius 1 is 0.250 bits per heavy atom. The predicted molar refractivity (Wildman–Crippen MR) is 486 cm³/mol. The van der Waals surface area contributed by atoms with Gasteiger partial charge < -0.3 is 9.47 Å². The zero-order valence-corrected chi connectivity index (χ0v) is 69.9. The molecule has 0 amide bonds. The third kappa shape index (κ3) is 20.2. The summed E-state index contributed by atoms with van der Waals surface area (Å²) >= 11 is 0. The van der Waals surface area contributed by atoms with Gasteiger partial charge in [-0.15, -0.1) is 0 Å². The van der Waals surface area contributed by atoms with Gasteiger partial charge in [-0.05, 0) is 217 Å². The summed E-state index contributed by atoms with van der Waals surface area (Å²) in [5.41, 5.74) is 9.69. The number of unbranched alkanes of at least 4 members (excludes halogenated alkanes) is 12. The Morgan fingerprint density at radius 3 is 0.629 bits per heavy atom. The normalized spacial score (nSPS) is 11.1. The molecule has 26 aromatic rings. The van der Waals surface area contributed by atoms with Crippen LogP contribution in [0.25, 0.3) is 130 Å². The van der Waals surface area contributed by atoms with Crippen LogP contribution in [0.2, 0.25) is 0 Å². The first-order valence-electron chi connectivity index (χ1n) is 42.0. The van der Waals surface area contributed by atoms with Gasteiger partial charge in [-0.1, -0.05) is 268 Å². The monoisotopic (exact) mass is 1510 g/mol. The smallest absolute Gasteiger partial charge is 0.150 e. The van der Waals surface area contributed by atoms with Crippen LogP contribution in [0.1, 0.15) is 205 Å². The summed E-state index contributed by atoms with van der Waals surface area (Å²) < 4.78 is 12.4. The summed E-state index contributed by atoms with van der Waals surface area (Å²) in [6.45, 7) is 22.3. The molecule has 24 bridgehead atoms. The summed E-state index contributed by atoms with van der Waals surface area (Å²) in [6.07, 6.45) is 29.8. The fourth-order valence-corrected chi connectivity index (χ4v) is 14.9. The minimum atomic E-state index is -0.191. The van der Waals surface area contributed by atoms with Crippen LogP contribution < -0.4 is 9.47 Å². The fourth-order valence-electron chi connectivity index (χ4n) is 14.9. The molecule has 576 valence electrons. The topological polar surface area (TPSA) is 70.0 Å². The molecule has 0 radical (unpaired) electrons. The highest BCUT2D eigenvalue weighted by atomic mass is 16.5. The molecule has 0 fully saturated rings. The standard InChI is InChI=1S/C110H104N4O2/c1-13-17-21-25-29-89-73-111-103-99-65-66-100-96(90(74-112-104(100)103)30-26-22-18-14-2)62-54-82-43-35-78(36-44-82)50-59-87-71-94(110(8,9)10)72-88(108(87)116-12)60-52-80-39-47-84(48-40-80)56-64-98-92(32-28-24-20-16-4)76-114-106-102(98)68-67-101-97(91(75-113-105(101)106)31-27-23-19-15-3)63-55-83-45-37-79(38-46-83)51-58-86-70-93(109(5,6)7)69-85(107(86)115-11)57-49-77-33-41-81(42-34-77)53-61-95(89)99/h33-48,65-76H,13-32H2,1-12H3. The van der Waals surface area contributed by atoms with E-state index in [1.807, 2.05) is 73.3 Å². The largest absolute Gasteiger partial charge is 0.494 e. The van der Waals surface area contributed by atoms with Gasteiger partial charge in [0, 0.05) is 111 Å². The quantitative estimate of drug-likeness (QED) is 0.0497. The van der Waals surface area contributed by atoms with Crippen LogP contribution in [0.15, 0.2) is 170 Å². The lowest BCUT2D eigenvalue weighted by atomic mass is 9.86. The summed E-state index contributed by atoms with van der Waals surface area (Å²) in [5, 5.41) is 17.9. The van der Waals surface area contributed by atoms with Gasteiger partial charge in [0.15, 0.2) is 0 Å². The number of hydrogen-bond donors (Lipinski definition) is 0. The highest BCUT2D eigenvalue weighted by Crippen LogP contribution is 2.37. The van der Waals surface area contributed by atoms with E-state index in [4.69, 9.17) is 29.4 Å². The Morgan fingerprint density at radius 2 is 0.448 bits per heavy atom. The van der Waals surface area contributed by atoms with Crippen molar-refractivity contribution >= 4 is 130 Å². The average Bonchev–Trinajstić information content (AvgIpc) is 0.759. The lowest BCUT2D eigenvalue weighted by Gasteiger charge is -2.19. The van der Waals surface area contributed by atoms with Gasteiger partial charge >= 0.3 is 0 Å². The molecule has 6 nitrogen and oxygen atoms in total. The maximum atomic E-state index is 6.19. The maximum Gasteiger partial charge on any atom is 0.150 e. The minimum Gasteiger partial charge on any atom is -0.494 e. The molecule has 0 aliphatic carbocycles. The number of hydrogen-bond acceptors (Lipinski definition) is 6. The first-order chi connectivity index (χ1) is 56.5. The highest BCUT2D eigenvalue weighted by Gasteiger charge is 2.20. The number of methoxy groups -OCH3 is 2. The van der Waals surface area contributed by atoms with E-state index >= 15 is 0 Å². The number of nitrogens with zero attached hydrogens (tertiary/aromatic N) is 4. The summed E-state index contributed by atoms with van der Waals surface area (Å²) in [4.78, 5) is 20.9. The SMILES string of the molecule is CCCCCCc1cnc2c3ccc4c(c#cc5ccc(c#cc6cc(C(C)(C)C)cc(c#cc7ccc(c#cc8c(CCCCCC)cnc9c8ccc8c(c#cc%10ccc(c#cc%11cc(C(C)(C)C)cc(c#cc%12ccc(c#cc13)cc%12)c%11OC)cc%10)c(CCCCCC)cnc89)cc7)c6OC)cc5)c(CCCCCC)cnc42. The number of pyridine rings is 4. The van der Waals surface area contributed by atoms with E-state index in [1.165, 1.54) is 25.7 Å². The Hall–Kier alpha value is -12.5. The summed E-state index contributed by atoms with van der Waals surface area (Å²) in [6, 6.07) is 107. The van der Waals surface area contributed by atoms with Crippen molar-refractivity contribution in [3.8, 4) is 11.5 Å². The van der Waals surface area contributed by atoms with Crippen LogP contribution in [0.5, 0.6) is 11.5 Å². The number of ether oxygens (including phenoxy) is 2. The summed E-state index contributed by atoms with van der Waals surface area (Å²) in [5.74, 6) is 1.27. The molecule has 6 heteroatoms. The Bertz CT molecular complexity index is 5420. The van der Waals surface area contributed by atoms with E-state index in [2.05, 4.69) is 263 Å². The molecule has 0 unspecified atom stereocenters. The van der Waals surface area contributed by atoms with Crippen molar-refractivity contribution in [2.24, 2.45) is 0 Å². The van der Waals surface area contributed by atoms with Crippen LogP contribution in [0.3, 0.4) is 0 Å². The van der Waals surface area contributed by atoms with Crippen molar-refractivity contribution in [2.75, 3.05) is 14.2 Å². The molecule has 0 atom stereocenters. The van der Waals surface area contributed by atoms with Gasteiger partial charge in [-0.2, -0.15) is 0 Å². The minimum absolute atomic E-state index is 0.191. The van der Waals surface area contributed by atoms with Gasteiger partial charge in [0.05, 0.1) is 57.8 Å². The molecule has 26 rings (SSSR count). The van der Waals surface area contributed by atoms with E-state index in [0.29, 0.717) is 11.5 Å². The molecular formula is C110H104N4O2. The molecule has 0 aliphatic heterocycles. The van der Waals surface area contributed by atoms with Gasteiger partial charge in [0.2, 0.25) is 0 Å². The van der Waals surface area contributed by atoms with Crippen molar-refractivity contribution < 1.29 is 9.47 Å². The molecule has 4 aromatic heterocycles. The first-order valence-corrected chi connectivity index (χ1v) is 42.0. The van der Waals surface area contributed by atoms with Crippen molar-refractivity contribution in [3.05, 3.63) is 301 Å².